The third-order valence-electron chi connectivity index (χ3n) is 6.13. The molecule has 0 aromatic carbocycles. The van der Waals surface area contributed by atoms with E-state index in [1.54, 1.807) is 0 Å². The number of hydrogen-bond donors (Lipinski definition) is 1. The van der Waals surface area contributed by atoms with Gasteiger partial charge in [0.2, 0.25) is 0 Å². The van der Waals surface area contributed by atoms with Crippen LogP contribution in [0.4, 0.5) is 0 Å². The van der Waals surface area contributed by atoms with Crippen LogP contribution in [-0.2, 0) is 4.79 Å². The first-order chi connectivity index (χ1) is 8.59. The summed E-state index contributed by atoms with van der Waals surface area (Å²) in [4.78, 5) is 11.1. The van der Waals surface area contributed by atoms with Crippen LogP contribution in [0.15, 0.2) is 0 Å². The van der Waals surface area contributed by atoms with Crippen LogP contribution in [0.5, 0.6) is 0 Å². The monoisotopic (exact) mass is 290 g/mol. The van der Waals surface area contributed by atoms with E-state index in [4.69, 9.17) is 0 Å². The molecule has 0 saturated heterocycles. The van der Waals surface area contributed by atoms with Gasteiger partial charge in [0.1, 0.15) is 0 Å². The van der Waals surface area contributed by atoms with E-state index in [1.807, 2.05) is 6.92 Å². The van der Waals surface area contributed by atoms with E-state index in [1.165, 1.54) is 6.42 Å². The first-order valence-corrected chi connectivity index (χ1v) is 7.52. The van der Waals surface area contributed by atoms with E-state index in [-0.39, 0.29) is 52.7 Å². The minimum absolute atomic E-state index is 0. The van der Waals surface area contributed by atoms with Crippen LogP contribution in [0.25, 0.3) is 0 Å². The van der Waals surface area contributed by atoms with Crippen molar-refractivity contribution in [3.05, 3.63) is 0 Å². The quantitative estimate of drug-likeness (QED) is 0.672. The fraction of sp³-hybridized carbons (Fsp3) is 0.938. The number of aliphatic carboxylic acids is 1. The molecule has 1 N–H and O–H groups in total. The molecule has 20 heavy (non-hydrogen) atoms. The molecule has 2 saturated carbocycles. The van der Waals surface area contributed by atoms with Gasteiger partial charge in [0.25, 0.3) is 0 Å². The van der Waals surface area contributed by atoms with Crippen molar-refractivity contribution in [3.63, 3.8) is 0 Å². The topological polar surface area (TPSA) is 60.4 Å². The first kappa shape index (κ1) is 18.5. The van der Waals surface area contributed by atoms with E-state index in [2.05, 4.69) is 20.8 Å². The first-order valence-electron chi connectivity index (χ1n) is 7.52. The van der Waals surface area contributed by atoms with Gasteiger partial charge >= 0.3 is 29.6 Å². The number of carbonyl (C=O) groups excluding carboxylic acids is 1. The third-order valence-corrected chi connectivity index (χ3v) is 6.13. The van der Waals surface area contributed by atoms with E-state index >= 15 is 0 Å². The second kappa shape index (κ2) is 5.91. The molecule has 3 nitrogen and oxygen atoms in total. The maximum absolute atomic E-state index is 11.1. The third kappa shape index (κ3) is 3.11. The molecule has 2 fully saturated rings. The van der Waals surface area contributed by atoms with E-state index in [9.17, 15) is 15.0 Å². The number of hydrogen-bond acceptors (Lipinski definition) is 3. The summed E-state index contributed by atoms with van der Waals surface area (Å²) < 4.78 is 0. The predicted molar refractivity (Wildman–Crippen MR) is 72.2 cm³/mol. The maximum atomic E-state index is 11.1. The van der Waals surface area contributed by atoms with Crippen molar-refractivity contribution in [1.82, 2.24) is 0 Å². The van der Waals surface area contributed by atoms with Crippen molar-refractivity contribution in [2.24, 2.45) is 22.7 Å². The Morgan fingerprint density at radius 3 is 2.35 bits per heavy atom. The molecule has 0 spiro atoms. The van der Waals surface area contributed by atoms with Crippen molar-refractivity contribution < 1.29 is 44.6 Å². The van der Waals surface area contributed by atoms with Gasteiger partial charge in [0, 0.05) is 5.97 Å². The molecule has 4 atom stereocenters. The zero-order valence-corrected chi connectivity index (χ0v) is 15.7. The summed E-state index contributed by atoms with van der Waals surface area (Å²) in [5, 5.41) is 21.8. The van der Waals surface area contributed by atoms with E-state index in [0.29, 0.717) is 12.3 Å². The zero-order valence-electron chi connectivity index (χ0n) is 13.7. The number of rotatable bonds is 2. The second-order valence-electron chi connectivity index (χ2n) is 7.93. The Kier molecular flexibility index (Phi) is 5.46. The van der Waals surface area contributed by atoms with Crippen LogP contribution in [0.2, 0.25) is 0 Å². The average Bonchev–Trinajstić information content (AvgIpc) is 2.22. The molecule has 0 aromatic heterocycles. The molecule has 0 aromatic rings. The van der Waals surface area contributed by atoms with Gasteiger partial charge in [-0.3, -0.25) is 0 Å². The van der Waals surface area contributed by atoms with Crippen LogP contribution in [-0.4, -0.2) is 16.7 Å². The zero-order chi connectivity index (χ0) is 14.5. The van der Waals surface area contributed by atoms with E-state index < -0.39 is 11.6 Å². The Hall–Kier alpha value is 0.430. The summed E-state index contributed by atoms with van der Waals surface area (Å²) in [6.45, 7) is 8.60. The van der Waals surface area contributed by atoms with Crippen LogP contribution in [0.3, 0.4) is 0 Å². The SMILES string of the molecule is CC1(C)CCC[C@@]2(C)C1CC[C@@](C)(O)[C@@H]2CC(=O)[O-].[Na+]. The van der Waals surface area contributed by atoms with Crippen molar-refractivity contribution in [3.8, 4) is 0 Å². The van der Waals surface area contributed by atoms with Gasteiger partial charge in [-0.05, 0) is 61.7 Å². The predicted octanol–water partition coefficient (Wildman–Crippen LogP) is -0.876. The van der Waals surface area contributed by atoms with Gasteiger partial charge in [-0.15, -0.1) is 0 Å². The standard InChI is InChI=1S/C16H28O3.Na/c1-14(2)7-5-8-15(3)11(14)6-9-16(4,19)12(15)10-13(17)18;/h11-12,19H,5-10H2,1-4H3,(H,17,18);/q;+1/p-1/t11?,12-,15+,16-;/m1./s1. The smallest absolute Gasteiger partial charge is 0.550 e. The molecule has 0 aliphatic heterocycles. The molecule has 0 amide bonds. The van der Waals surface area contributed by atoms with Gasteiger partial charge in [0.05, 0.1) is 5.60 Å². The number of fused-ring (bicyclic) bond motifs is 1. The van der Waals surface area contributed by atoms with Gasteiger partial charge < -0.3 is 15.0 Å². The molecule has 110 valence electrons. The largest absolute Gasteiger partial charge is 1.00 e. The number of carboxylic acid groups (broad SMARTS) is 1. The summed E-state index contributed by atoms with van der Waals surface area (Å²) in [5.41, 5.74) is -0.712. The van der Waals surface area contributed by atoms with Crippen LogP contribution >= 0.6 is 0 Å². The fourth-order valence-corrected chi connectivity index (χ4v) is 5.24. The Morgan fingerprint density at radius 1 is 1.20 bits per heavy atom. The summed E-state index contributed by atoms with van der Waals surface area (Å²) in [5.74, 6) is -0.725. The van der Waals surface area contributed by atoms with Crippen molar-refractivity contribution >= 4 is 5.97 Å². The summed E-state index contributed by atoms with van der Waals surface area (Å²) in [6, 6.07) is 0. The average molecular weight is 290 g/mol. The molecule has 1 unspecified atom stereocenters. The Labute approximate surface area is 144 Å². The minimum atomic E-state index is -1.03. The van der Waals surface area contributed by atoms with Crippen LogP contribution < -0.4 is 34.7 Å². The second-order valence-corrected chi connectivity index (χ2v) is 7.93. The summed E-state index contributed by atoms with van der Waals surface area (Å²) in [7, 11) is 0. The van der Waals surface area contributed by atoms with Crippen LogP contribution in [0.1, 0.15) is 66.2 Å². The molecule has 0 heterocycles. The molecule has 0 bridgehead atoms. The number of carbonyl (C=O) groups is 1. The van der Waals surface area contributed by atoms with Crippen LogP contribution in [0, 0.1) is 22.7 Å². The van der Waals surface area contributed by atoms with Gasteiger partial charge in [-0.2, -0.15) is 0 Å². The summed E-state index contributed by atoms with van der Waals surface area (Å²) in [6.07, 6.45) is 5.03. The van der Waals surface area contributed by atoms with Gasteiger partial charge in [-0.1, -0.05) is 27.2 Å². The molecular formula is C16H27NaO3. The molecular weight excluding hydrogens is 263 g/mol. The van der Waals surface area contributed by atoms with E-state index in [0.717, 1.165) is 19.3 Å². The summed E-state index contributed by atoms with van der Waals surface area (Å²) >= 11 is 0. The van der Waals surface area contributed by atoms with Gasteiger partial charge in [0.15, 0.2) is 0 Å². The van der Waals surface area contributed by atoms with Crippen molar-refractivity contribution in [1.29, 1.82) is 0 Å². The molecule has 2 aliphatic rings. The molecule has 0 radical (unpaired) electrons. The Morgan fingerprint density at radius 2 is 1.80 bits per heavy atom. The number of carboxylic acids is 1. The van der Waals surface area contributed by atoms with Gasteiger partial charge in [-0.25, -0.2) is 0 Å². The maximum Gasteiger partial charge on any atom is 1.00 e. The minimum Gasteiger partial charge on any atom is -0.550 e. The molecule has 4 heteroatoms. The Bertz CT molecular complexity index is 378. The van der Waals surface area contributed by atoms with Crippen molar-refractivity contribution in [2.75, 3.05) is 0 Å². The number of aliphatic hydroxyl groups is 1. The normalized spacial score (nSPS) is 43.2. The fourth-order valence-electron chi connectivity index (χ4n) is 5.24. The molecule has 2 aliphatic carbocycles. The van der Waals surface area contributed by atoms with Crippen molar-refractivity contribution in [2.45, 2.75) is 71.8 Å². The molecule has 2 rings (SSSR count). The Balaban J connectivity index is 0.00000200.